The van der Waals surface area contributed by atoms with Crippen LogP contribution in [0.1, 0.15) is 17.3 Å². The molecule has 88 valence electrons. The van der Waals surface area contributed by atoms with Crippen LogP contribution in [0.4, 0.5) is 5.69 Å². The Morgan fingerprint density at radius 3 is 2.94 bits per heavy atom. The number of benzene rings is 1. The first kappa shape index (κ1) is 12.5. The molecule has 0 aliphatic rings. The fourth-order valence-corrected chi connectivity index (χ4v) is 1.19. The van der Waals surface area contributed by atoms with Gasteiger partial charge < -0.3 is 10.4 Å². The highest BCUT2D eigenvalue weighted by molar-refractivity contribution is 5.96. The van der Waals surface area contributed by atoms with E-state index >= 15 is 0 Å². The normalized spacial score (nSPS) is 10.5. The van der Waals surface area contributed by atoms with Gasteiger partial charge in [0.25, 0.3) is 0 Å². The van der Waals surface area contributed by atoms with Crippen molar-refractivity contribution in [2.45, 2.75) is 6.92 Å². The predicted molar refractivity (Wildman–Crippen MR) is 63.7 cm³/mol. The lowest BCUT2D eigenvalue weighted by molar-refractivity contribution is 0.0697. The number of guanidine groups is 1. The molecule has 0 atom stereocenters. The fraction of sp³-hybridized carbons (Fsp3) is 0.182. The van der Waals surface area contributed by atoms with Crippen LogP contribution in [0.15, 0.2) is 29.3 Å². The summed E-state index contributed by atoms with van der Waals surface area (Å²) in [6, 6.07) is 6.26. The second-order valence-electron chi connectivity index (χ2n) is 3.07. The van der Waals surface area contributed by atoms with Crippen LogP contribution in [0.5, 0.6) is 0 Å². The van der Waals surface area contributed by atoms with Crippen molar-refractivity contribution >= 4 is 17.6 Å². The van der Waals surface area contributed by atoms with Gasteiger partial charge in [0.2, 0.25) is 5.96 Å². The number of nitrogens with one attached hydrogen (secondary N) is 2. The molecule has 0 aliphatic heterocycles. The Hall–Kier alpha value is -2.55. The predicted octanol–water partition coefficient (Wildman–Crippen LogP) is 1.24. The van der Waals surface area contributed by atoms with Crippen molar-refractivity contribution in [3.05, 3.63) is 29.8 Å². The van der Waals surface area contributed by atoms with Gasteiger partial charge in [0, 0.05) is 12.2 Å². The molecular formula is C11H12N4O2. The third kappa shape index (κ3) is 3.83. The minimum absolute atomic E-state index is 0.169. The largest absolute Gasteiger partial charge is 0.478 e. The number of hydrogen-bond acceptors (Lipinski definition) is 3. The number of hydrogen-bond donors (Lipinski definition) is 3. The molecule has 0 heterocycles. The molecule has 0 bridgehead atoms. The van der Waals surface area contributed by atoms with Crippen LogP contribution < -0.4 is 10.6 Å². The van der Waals surface area contributed by atoms with Gasteiger partial charge in [-0.2, -0.15) is 5.26 Å². The number of nitriles is 1. The second-order valence-corrected chi connectivity index (χ2v) is 3.07. The molecule has 6 nitrogen and oxygen atoms in total. The van der Waals surface area contributed by atoms with Gasteiger partial charge in [-0.1, -0.05) is 6.07 Å². The van der Waals surface area contributed by atoms with Gasteiger partial charge in [-0.15, -0.1) is 0 Å². The summed E-state index contributed by atoms with van der Waals surface area (Å²) in [5.41, 5.74) is 0.725. The van der Waals surface area contributed by atoms with E-state index in [1.165, 1.54) is 12.1 Å². The van der Waals surface area contributed by atoms with Crippen LogP contribution in [0.2, 0.25) is 0 Å². The first-order valence-corrected chi connectivity index (χ1v) is 4.97. The molecular weight excluding hydrogens is 220 g/mol. The third-order valence-corrected chi connectivity index (χ3v) is 1.86. The number of carbonyl (C=O) groups is 1. The van der Waals surface area contributed by atoms with Gasteiger partial charge in [0.15, 0.2) is 6.19 Å². The number of nitrogens with zero attached hydrogens (tertiary/aromatic N) is 2. The van der Waals surface area contributed by atoms with E-state index in [1.807, 2.05) is 6.92 Å². The molecule has 0 saturated heterocycles. The zero-order valence-electron chi connectivity index (χ0n) is 9.27. The smallest absolute Gasteiger partial charge is 0.335 e. The van der Waals surface area contributed by atoms with Gasteiger partial charge in [-0.25, -0.2) is 4.79 Å². The maximum Gasteiger partial charge on any atom is 0.335 e. The highest BCUT2D eigenvalue weighted by Gasteiger charge is 2.04. The van der Waals surface area contributed by atoms with Crippen LogP contribution in [0.3, 0.4) is 0 Å². The Morgan fingerprint density at radius 2 is 2.35 bits per heavy atom. The Kier molecular flexibility index (Phi) is 4.51. The average molecular weight is 232 g/mol. The Labute approximate surface area is 98.6 Å². The third-order valence-electron chi connectivity index (χ3n) is 1.86. The van der Waals surface area contributed by atoms with Crippen molar-refractivity contribution in [1.82, 2.24) is 5.32 Å². The molecule has 0 spiro atoms. The number of rotatable bonds is 3. The molecule has 17 heavy (non-hydrogen) atoms. The summed E-state index contributed by atoms with van der Waals surface area (Å²) in [6.45, 7) is 2.34. The van der Waals surface area contributed by atoms with Gasteiger partial charge in [-0.3, -0.25) is 10.3 Å². The molecule has 0 aromatic heterocycles. The lowest BCUT2D eigenvalue weighted by Crippen LogP contribution is -2.27. The summed E-state index contributed by atoms with van der Waals surface area (Å²) < 4.78 is 0. The molecule has 6 heteroatoms. The zero-order valence-corrected chi connectivity index (χ0v) is 9.27. The van der Waals surface area contributed by atoms with Crippen molar-refractivity contribution in [1.29, 1.82) is 5.26 Å². The van der Waals surface area contributed by atoms with E-state index in [0.29, 0.717) is 12.2 Å². The van der Waals surface area contributed by atoms with E-state index in [0.717, 1.165) is 0 Å². The van der Waals surface area contributed by atoms with E-state index in [-0.39, 0.29) is 11.5 Å². The van der Waals surface area contributed by atoms with Crippen molar-refractivity contribution in [2.75, 3.05) is 11.9 Å². The zero-order chi connectivity index (χ0) is 12.7. The summed E-state index contributed by atoms with van der Waals surface area (Å²) in [5, 5.41) is 22.5. The summed E-state index contributed by atoms with van der Waals surface area (Å²) in [6.07, 6.45) is 1.75. The van der Waals surface area contributed by atoms with Crippen molar-refractivity contribution < 1.29 is 9.90 Å². The summed E-state index contributed by atoms with van der Waals surface area (Å²) in [7, 11) is 0. The first-order chi connectivity index (χ1) is 8.17. The quantitative estimate of drug-likeness (QED) is 0.315. The van der Waals surface area contributed by atoms with Crippen LogP contribution in [0.25, 0.3) is 0 Å². The summed E-state index contributed by atoms with van der Waals surface area (Å²) in [4.78, 5) is 14.8. The highest BCUT2D eigenvalue weighted by Crippen LogP contribution is 2.10. The molecule has 0 fully saturated rings. The van der Waals surface area contributed by atoms with Crippen LogP contribution in [0, 0.1) is 11.5 Å². The van der Waals surface area contributed by atoms with E-state index in [1.54, 1.807) is 18.3 Å². The van der Waals surface area contributed by atoms with Gasteiger partial charge in [0.1, 0.15) is 0 Å². The number of aliphatic imine (C=N–C) groups is 1. The van der Waals surface area contributed by atoms with Crippen LogP contribution >= 0.6 is 0 Å². The lowest BCUT2D eigenvalue weighted by Gasteiger charge is -2.07. The Balaban J connectivity index is 2.87. The summed E-state index contributed by atoms with van der Waals surface area (Å²) in [5.74, 6) is -0.714. The SMILES string of the molecule is CCN=C(NC#N)Nc1cccc(C(=O)O)c1. The molecule has 1 aromatic rings. The monoisotopic (exact) mass is 232 g/mol. The second kappa shape index (κ2) is 6.12. The van der Waals surface area contributed by atoms with E-state index in [2.05, 4.69) is 15.6 Å². The number of carboxylic acid groups (broad SMARTS) is 1. The Morgan fingerprint density at radius 1 is 1.59 bits per heavy atom. The summed E-state index contributed by atoms with van der Waals surface area (Å²) >= 11 is 0. The molecule has 0 aliphatic carbocycles. The van der Waals surface area contributed by atoms with E-state index < -0.39 is 5.97 Å². The highest BCUT2D eigenvalue weighted by atomic mass is 16.4. The molecule has 1 aromatic carbocycles. The van der Waals surface area contributed by atoms with E-state index in [9.17, 15) is 4.79 Å². The van der Waals surface area contributed by atoms with Crippen LogP contribution in [-0.2, 0) is 0 Å². The van der Waals surface area contributed by atoms with Gasteiger partial charge in [-0.05, 0) is 25.1 Å². The number of anilines is 1. The molecule has 0 unspecified atom stereocenters. The molecule has 0 radical (unpaired) electrons. The average Bonchev–Trinajstić information content (AvgIpc) is 2.30. The maximum atomic E-state index is 10.8. The molecule has 1 rings (SSSR count). The minimum Gasteiger partial charge on any atom is -0.478 e. The number of carboxylic acids is 1. The molecule has 3 N–H and O–H groups in total. The van der Waals surface area contributed by atoms with Crippen molar-refractivity contribution in [2.24, 2.45) is 4.99 Å². The molecule has 0 saturated carbocycles. The Bertz CT molecular complexity index is 477. The van der Waals surface area contributed by atoms with Crippen LogP contribution in [-0.4, -0.2) is 23.6 Å². The number of aromatic carboxylic acids is 1. The van der Waals surface area contributed by atoms with Crippen molar-refractivity contribution in [3.63, 3.8) is 0 Å². The van der Waals surface area contributed by atoms with Crippen molar-refractivity contribution in [3.8, 4) is 6.19 Å². The first-order valence-electron chi connectivity index (χ1n) is 4.97. The standard InChI is InChI=1S/C11H12N4O2/c1-2-13-11(14-7-12)15-9-5-3-4-8(6-9)10(16)17/h3-6H,2H2,1H3,(H,16,17)(H2,13,14,15). The van der Waals surface area contributed by atoms with Gasteiger partial charge in [0.05, 0.1) is 5.56 Å². The van der Waals surface area contributed by atoms with Gasteiger partial charge >= 0.3 is 5.97 Å². The maximum absolute atomic E-state index is 10.8. The molecule has 0 amide bonds. The fourth-order valence-electron chi connectivity index (χ4n) is 1.19. The minimum atomic E-state index is -1.00. The lowest BCUT2D eigenvalue weighted by atomic mass is 10.2. The topological polar surface area (TPSA) is 97.5 Å². The van der Waals surface area contributed by atoms with E-state index in [4.69, 9.17) is 10.4 Å².